The van der Waals surface area contributed by atoms with E-state index in [1.807, 2.05) is 0 Å². The van der Waals surface area contributed by atoms with E-state index in [2.05, 4.69) is 13.8 Å². The fraction of sp³-hybridized carbons (Fsp3) is 0.909. The van der Waals surface area contributed by atoms with Crippen molar-refractivity contribution in [3.63, 3.8) is 0 Å². The van der Waals surface area contributed by atoms with Gasteiger partial charge in [-0.3, -0.25) is 4.79 Å². The number of nitrogens with two attached hydrogens (primary N) is 1. The number of carboxylic acids is 1. The summed E-state index contributed by atoms with van der Waals surface area (Å²) in [5.41, 5.74) is 4.76. The van der Waals surface area contributed by atoms with Crippen LogP contribution >= 0.6 is 0 Å². The number of hydrogen-bond acceptors (Lipinski definition) is 3. The van der Waals surface area contributed by atoms with Crippen LogP contribution in [0.2, 0.25) is 0 Å². The monoisotopic (exact) mass is 215 g/mol. The van der Waals surface area contributed by atoms with Crippen molar-refractivity contribution in [2.45, 2.75) is 44.8 Å². The summed E-state index contributed by atoms with van der Waals surface area (Å²) in [6.07, 6.45) is 1.77. The molecule has 4 heteroatoms. The maximum absolute atomic E-state index is 11.0. The SMILES string of the molecule is COC1CC(N)(C(=O)O)CCC1C(C)C. The standard InChI is InChI=1S/C11H21NO3/c1-7(2)8-4-5-11(12,10(13)14)6-9(8)15-3/h7-9H,4-6,12H2,1-3H3,(H,13,14). The minimum absolute atomic E-state index is 0.0279. The second-order valence-electron chi connectivity index (χ2n) is 4.89. The van der Waals surface area contributed by atoms with E-state index in [1.165, 1.54) is 0 Å². The third kappa shape index (κ3) is 2.49. The number of carbonyl (C=O) groups is 1. The molecule has 15 heavy (non-hydrogen) atoms. The minimum atomic E-state index is -1.09. The predicted molar refractivity (Wildman–Crippen MR) is 57.5 cm³/mol. The summed E-state index contributed by atoms with van der Waals surface area (Å²) in [4.78, 5) is 11.0. The zero-order chi connectivity index (χ0) is 11.6. The Labute approximate surface area is 90.8 Å². The molecule has 0 saturated heterocycles. The van der Waals surface area contributed by atoms with Gasteiger partial charge < -0.3 is 15.6 Å². The lowest BCUT2D eigenvalue weighted by Crippen LogP contribution is -2.55. The molecule has 3 unspecified atom stereocenters. The van der Waals surface area contributed by atoms with Crippen LogP contribution < -0.4 is 5.73 Å². The molecule has 0 aliphatic heterocycles. The Morgan fingerprint density at radius 3 is 2.60 bits per heavy atom. The van der Waals surface area contributed by atoms with Crippen LogP contribution in [0.5, 0.6) is 0 Å². The first-order valence-electron chi connectivity index (χ1n) is 5.46. The van der Waals surface area contributed by atoms with Gasteiger partial charge in [-0.05, 0) is 24.7 Å². The van der Waals surface area contributed by atoms with Gasteiger partial charge in [-0.1, -0.05) is 13.8 Å². The maximum Gasteiger partial charge on any atom is 0.323 e. The van der Waals surface area contributed by atoms with E-state index in [1.54, 1.807) is 7.11 Å². The first-order valence-corrected chi connectivity index (χ1v) is 5.46. The van der Waals surface area contributed by atoms with E-state index in [0.29, 0.717) is 24.7 Å². The minimum Gasteiger partial charge on any atom is -0.480 e. The third-order valence-corrected chi connectivity index (χ3v) is 3.55. The molecule has 0 heterocycles. The number of aliphatic carboxylic acids is 1. The number of ether oxygens (including phenoxy) is 1. The van der Waals surface area contributed by atoms with E-state index in [-0.39, 0.29) is 6.10 Å². The first-order chi connectivity index (χ1) is 6.90. The fourth-order valence-electron chi connectivity index (χ4n) is 2.44. The van der Waals surface area contributed by atoms with Crippen molar-refractivity contribution in [2.24, 2.45) is 17.6 Å². The number of methoxy groups -OCH3 is 1. The van der Waals surface area contributed by atoms with Crippen molar-refractivity contribution in [1.82, 2.24) is 0 Å². The van der Waals surface area contributed by atoms with Gasteiger partial charge in [0.1, 0.15) is 5.54 Å². The Morgan fingerprint density at radius 2 is 2.20 bits per heavy atom. The molecule has 0 radical (unpaired) electrons. The van der Waals surface area contributed by atoms with E-state index in [9.17, 15) is 4.79 Å². The summed E-state index contributed by atoms with van der Waals surface area (Å²) in [6, 6.07) is 0. The first kappa shape index (κ1) is 12.5. The Bertz CT molecular complexity index is 242. The Morgan fingerprint density at radius 1 is 1.60 bits per heavy atom. The zero-order valence-corrected chi connectivity index (χ0v) is 9.69. The highest BCUT2D eigenvalue weighted by molar-refractivity contribution is 5.78. The number of hydrogen-bond donors (Lipinski definition) is 2. The number of carboxylic acid groups (broad SMARTS) is 1. The molecule has 0 bridgehead atoms. The molecule has 0 amide bonds. The molecular formula is C11H21NO3. The maximum atomic E-state index is 11.0. The molecule has 1 rings (SSSR count). The summed E-state index contributed by atoms with van der Waals surface area (Å²) in [5.74, 6) is 0.0195. The summed E-state index contributed by atoms with van der Waals surface area (Å²) < 4.78 is 5.37. The Hall–Kier alpha value is -0.610. The molecule has 0 spiro atoms. The van der Waals surface area contributed by atoms with Crippen molar-refractivity contribution < 1.29 is 14.6 Å². The normalized spacial score (nSPS) is 36.9. The second-order valence-corrected chi connectivity index (χ2v) is 4.89. The molecule has 1 saturated carbocycles. The van der Waals surface area contributed by atoms with Crippen molar-refractivity contribution >= 4 is 5.97 Å². The topological polar surface area (TPSA) is 72.5 Å². The van der Waals surface area contributed by atoms with E-state index in [4.69, 9.17) is 15.6 Å². The molecule has 4 nitrogen and oxygen atoms in total. The van der Waals surface area contributed by atoms with Crippen LogP contribution in [0.1, 0.15) is 33.1 Å². The Balaban J connectivity index is 2.74. The summed E-state index contributed by atoms with van der Waals surface area (Å²) in [7, 11) is 1.63. The molecule has 3 atom stereocenters. The predicted octanol–water partition coefficient (Wildman–Crippen LogP) is 1.24. The van der Waals surface area contributed by atoms with Crippen molar-refractivity contribution in [3.8, 4) is 0 Å². The van der Waals surface area contributed by atoms with Crippen LogP contribution in [-0.4, -0.2) is 29.8 Å². The highest BCUT2D eigenvalue weighted by atomic mass is 16.5. The van der Waals surface area contributed by atoms with Gasteiger partial charge >= 0.3 is 5.97 Å². The van der Waals surface area contributed by atoms with Gasteiger partial charge in [0, 0.05) is 13.5 Å². The lowest BCUT2D eigenvalue weighted by Gasteiger charge is -2.40. The lowest BCUT2D eigenvalue weighted by molar-refractivity contribution is -0.148. The summed E-state index contributed by atoms with van der Waals surface area (Å²) in [5, 5.41) is 9.06. The van der Waals surface area contributed by atoms with Crippen molar-refractivity contribution in [1.29, 1.82) is 0 Å². The smallest absolute Gasteiger partial charge is 0.323 e. The van der Waals surface area contributed by atoms with Gasteiger partial charge in [-0.25, -0.2) is 0 Å². The molecule has 88 valence electrons. The second kappa shape index (κ2) is 4.49. The van der Waals surface area contributed by atoms with Crippen LogP contribution in [0.15, 0.2) is 0 Å². The average molecular weight is 215 g/mol. The van der Waals surface area contributed by atoms with Crippen LogP contribution in [0.4, 0.5) is 0 Å². The lowest BCUT2D eigenvalue weighted by atomic mass is 9.71. The van der Waals surface area contributed by atoms with Crippen molar-refractivity contribution in [3.05, 3.63) is 0 Å². The van der Waals surface area contributed by atoms with Crippen LogP contribution in [0.25, 0.3) is 0 Å². The summed E-state index contributed by atoms with van der Waals surface area (Å²) in [6.45, 7) is 4.28. The molecule has 0 aromatic carbocycles. The van der Waals surface area contributed by atoms with Gasteiger partial charge in [0.05, 0.1) is 6.10 Å². The van der Waals surface area contributed by atoms with Crippen LogP contribution in [0.3, 0.4) is 0 Å². The highest BCUT2D eigenvalue weighted by Gasteiger charge is 2.44. The molecule has 1 fully saturated rings. The largest absolute Gasteiger partial charge is 0.480 e. The third-order valence-electron chi connectivity index (χ3n) is 3.55. The van der Waals surface area contributed by atoms with Gasteiger partial charge in [-0.15, -0.1) is 0 Å². The van der Waals surface area contributed by atoms with E-state index in [0.717, 1.165) is 6.42 Å². The summed E-state index contributed by atoms with van der Waals surface area (Å²) >= 11 is 0. The van der Waals surface area contributed by atoms with Crippen LogP contribution in [-0.2, 0) is 9.53 Å². The fourth-order valence-corrected chi connectivity index (χ4v) is 2.44. The quantitative estimate of drug-likeness (QED) is 0.743. The van der Waals surface area contributed by atoms with E-state index >= 15 is 0 Å². The molecule has 1 aliphatic rings. The highest BCUT2D eigenvalue weighted by Crippen LogP contribution is 2.36. The van der Waals surface area contributed by atoms with Crippen molar-refractivity contribution in [2.75, 3.05) is 7.11 Å². The number of rotatable bonds is 3. The van der Waals surface area contributed by atoms with Gasteiger partial charge in [-0.2, -0.15) is 0 Å². The van der Waals surface area contributed by atoms with Gasteiger partial charge in [0.15, 0.2) is 0 Å². The molecule has 0 aromatic rings. The van der Waals surface area contributed by atoms with Crippen LogP contribution in [0, 0.1) is 11.8 Å². The average Bonchev–Trinajstić information content (AvgIpc) is 2.16. The van der Waals surface area contributed by atoms with E-state index < -0.39 is 11.5 Å². The molecule has 1 aliphatic carbocycles. The molecule has 3 N–H and O–H groups in total. The molecular weight excluding hydrogens is 194 g/mol. The zero-order valence-electron chi connectivity index (χ0n) is 9.69. The Kier molecular flexibility index (Phi) is 3.73. The van der Waals surface area contributed by atoms with Gasteiger partial charge in [0.25, 0.3) is 0 Å². The molecule has 0 aromatic heterocycles. The van der Waals surface area contributed by atoms with Gasteiger partial charge in [0.2, 0.25) is 0 Å².